The molecule has 0 radical (unpaired) electrons. The number of furan rings is 1. The fourth-order valence-corrected chi connectivity index (χ4v) is 1.30. The van der Waals surface area contributed by atoms with Crippen molar-refractivity contribution in [3.05, 3.63) is 47.0 Å². The molecule has 2 aromatic heterocycles. The third-order valence-corrected chi connectivity index (χ3v) is 2.25. The maximum atomic E-state index is 4.95. The van der Waals surface area contributed by atoms with Gasteiger partial charge in [0.25, 0.3) is 0 Å². The predicted octanol–water partition coefficient (Wildman–Crippen LogP) is 3.05. The van der Waals surface area contributed by atoms with E-state index in [2.05, 4.69) is 26.2 Å². The molecular formula is C10H9BrN2O. The average molecular weight is 253 g/mol. The van der Waals surface area contributed by atoms with Crippen molar-refractivity contribution in [2.45, 2.75) is 6.54 Å². The lowest BCUT2D eigenvalue weighted by molar-refractivity contribution is 0.564. The number of hydrogen-bond donors (Lipinski definition) is 1. The van der Waals surface area contributed by atoms with E-state index in [9.17, 15) is 0 Å². The van der Waals surface area contributed by atoms with E-state index in [1.165, 1.54) is 0 Å². The molecule has 0 aliphatic heterocycles. The van der Waals surface area contributed by atoms with Crippen molar-refractivity contribution in [3.63, 3.8) is 0 Å². The van der Waals surface area contributed by atoms with Crippen LogP contribution in [0.3, 0.4) is 0 Å². The van der Waals surface area contributed by atoms with Gasteiger partial charge in [0, 0.05) is 22.8 Å². The summed E-state index contributed by atoms with van der Waals surface area (Å²) >= 11 is 3.33. The average Bonchev–Trinajstić information content (AvgIpc) is 2.70. The Labute approximate surface area is 90.3 Å². The highest BCUT2D eigenvalue weighted by Gasteiger charge is 1.95. The molecule has 2 rings (SSSR count). The summed E-state index contributed by atoms with van der Waals surface area (Å²) in [5, 5.41) is 3.18. The van der Waals surface area contributed by atoms with Crippen molar-refractivity contribution >= 4 is 21.7 Å². The predicted molar refractivity (Wildman–Crippen MR) is 58.0 cm³/mol. The number of aromatic nitrogens is 1. The monoisotopic (exact) mass is 252 g/mol. The number of nitrogens with zero attached hydrogens (tertiary/aromatic N) is 1. The van der Waals surface area contributed by atoms with E-state index in [1.807, 2.05) is 18.2 Å². The largest absolute Gasteiger partial charge is 0.472 e. The van der Waals surface area contributed by atoms with Crippen LogP contribution in [0.5, 0.6) is 0 Å². The van der Waals surface area contributed by atoms with Crippen LogP contribution in [0, 0.1) is 0 Å². The molecule has 2 heterocycles. The van der Waals surface area contributed by atoms with Crippen molar-refractivity contribution in [2.24, 2.45) is 0 Å². The Morgan fingerprint density at radius 3 is 2.93 bits per heavy atom. The highest BCUT2D eigenvalue weighted by atomic mass is 79.9. The Kier molecular flexibility index (Phi) is 2.84. The van der Waals surface area contributed by atoms with Gasteiger partial charge in [-0.25, -0.2) is 4.98 Å². The molecule has 1 N–H and O–H groups in total. The summed E-state index contributed by atoms with van der Waals surface area (Å²) in [6.07, 6.45) is 5.13. The third kappa shape index (κ3) is 2.35. The molecule has 0 saturated carbocycles. The summed E-state index contributed by atoms with van der Waals surface area (Å²) in [6.45, 7) is 0.727. The lowest BCUT2D eigenvalue weighted by Crippen LogP contribution is -1.99. The molecule has 72 valence electrons. The first kappa shape index (κ1) is 9.27. The van der Waals surface area contributed by atoms with Crippen LogP contribution in [-0.4, -0.2) is 4.98 Å². The highest BCUT2D eigenvalue weighted by Crippen LogP contribution is 2.11. The summed E-state index contributed by atoms with van der Waals surface area (Å²) in [5.41, 5.74) is 1.11. The number of pyridine rings is 1. The van der Waals surface area contributed by atoms with E-state index in [-0.39, 0.29) is 0 Å². The molecule has 0 saturated heterocycles. The SMILES string of the molecule is Brc1ccc(NCc2ccoc2)nc1. The van der Waals surface area contributed by atoms with Crippen LogP contribution in [0.4, 0.5) is 5.82 Å². The second-order valence-corrected chi connectivity index (χ2v) is 3.76. The summed E-state index contributed by atoms with van der Waals surface area (Å²) in [4.78, 5) is 4.19. The minimum atomic E-state index is 0.727. The molecule has 0 aromatic carbocycles. The normalized spacial score (nSPS) is 10.1. The second-order valence-electron chi connectivity index (χ2n) is 2.85. The standard InChI is InChI=1S/C10H9BrN2O/c11-9-1-2-10(13-6-9)12-5-8-3-4-14-7-8/h1-4,6-7H,5H2,(H,12,13). The molecule has 0 amide bonds. The number of nitrogens with one attached hydrogen (secondary N) is 1. The number of rotatable bonds is 3. The van der Waals surface area contributed by atoms with Gasteiger partial charge in [-0.05, 0) is 34.1 Å². The van der Waals surface area contributed by atoms with E-state index in [4.69, 9.17) is 4.42 Å². The molecule has 14 heavy (non-hydrogen) atoms. The smallest absolute Gasteiger partial charge is 0.126 e. The van der Waals surface area contributed by atoms with E-state index in [1.54, 1.807) is 18.7 Å². The highest BCUT2D eigenvalue weighted by molar-refractivity contribution is 9.10. The van der Waals surface area contributed by atoms with Crippen molar-refractivity contribution in [2.75, 3.05) is 5.32 Å². The van der Waals surface area contributed by atoms with Gasteiger partial charge in [-0.1, -0.05) is 0 Å². The molecule has 0 aliphatic rings. The minimum absolute atomic E-state index is 0.727. The van der Waals surface area contributed by atoms with Gasteiger partial charge in [0.2, 0.25) is 0 Å². The molecule has 2 aromatic rings. The Bertz CT molecular complexity index is 383. The second kappa shape index (κ2) is 4.28. The summed E-state index contributed by atoms with van der Waals surface area (Å²) in [5.74, 6) is 0.856. The molecule has 0 unspecified atom stereocenters. The van der Waals surface area contributed by atoms with Crippen LogP contribution >= 0.6 is 15.9 Å². The van der Waals surface area contributed by atoms with Gasteiger partial charge in [-0.2, -0.15) is 0 Å². The topological polar surface area (TPSA) is 38.1 Å². The minimum Gasteiger partial charge on any atom is -0.472 e. The molecule has 0 fully saturated rings. The summed E-state index contributed by atoms with van der Waals surface area (Å²) < 4.78 is 5.93. The van der Waals surface area contributed by atoms with Gasteiger partial charge in [0.15, 0.2) is 0 Å². The van der Waals surface area contributed by atoms with Gasteiger partial charge in [-0.3, -0.25) is 0 Å². The van der Waals surface area contributed by atoms with Crippen LogP contribution < -0.4 is 5.32 Å². The van der Waals surface area contributed by atoms with Crippen LogP contribution in [0.25, 0.3) is 0 Å². The Morgan fingerprint density at radius 2 is 2.29 bits per heavy atom. The van der Waals surface area contributed by atoms with Gasteiger partial charge in [-0.15, -0.1) is 0 Å². The third-order valence-electron chi connectivity index (χ3n) is 1.78. The van der Waals surface area contributed by atoms with Gasteiger partial charge < -0.3 is 9.73 Å². The summed E-state index contributed by atoms with van der Waals surface area (Å²) in [7, 11) is 0. The molecule has 0 atom stereocenters. The fraction of sp³-hybridized carbons (Fsp3) is 0.100. The van der Waals surface area contributed by atoms with E-state index >= 15 is 0 Å². The molecule has 3 nitrogen and oxygen atoms in total. The van der Waals surface area contributed by atoms with Crippen molar-refractivity contribution in [3.8, 4) is 0 Å². The van der Waals surface area contributed by atoms with Crippen LogP contribution in [0.15, 0.2) is 45.8 Å². The number of halogens is 1. The molecule has 0 spiro atoms. The van der Waals surface area contributed by atoms with Crippen LogP contribution in [0.1, 0.15) is 5.56 Å². The Balaban J connectivity index is 1.95. The first-order chi connectivity index (χ1) is 6.84. The quantitative estimate of drug-likeness (QED) is 0.913. The number of hydrogen-bond acceptors (Lipinski definition) is 3. The maximum absolute atomic E-state index is 4.95. The van der Waals surface area contributed by atoms with Crippen molar-refractivity contribution < 1.29 is 4.42 Å². The zero-order valence-corrected chi connectivity index (χ0v) is 8.99. The van der Waals surface area contributed by atoms with Crippen LogP contribution in [0.2, 0.25) is 0 Å². The lowest BCUT2D eigenvalue weighted by Gasteiger charge is -2.02. The Hall–Kier alpha value is -1.29. The van der Waals surface area contributed by atoms with Crippen molar-refractivity contribution in [1.29, 1.82) is 0 Å². The van der Waals surface area contributed by atoms with Gasteiger partial charge in [0.1, 0.15) is 5.82 Å². The zero-order valence-electron chi connectivity index (χ0n) is 7.40. The molecule has 0 aliphatic carbocycles. The van der Waals surface area contributed by atoms with E-state index in [0.29, 0.717) is 0 Å². The maximum Gasteiger partial charge on any atom is 0.126 e. The molecule has 4 heteroatoms. The first-order valence-corrected chi connectivity index (χ1v) is 5.00. The fourth-order valence-electron chi connectivity index (χ4n) is 1.07. The van der Waals surface area contributed by atoms with Gasteiger partial charge in [0.05, 0.1) is 12.5 Å². The molecule has 0 bridgehead atoms. The van der Waals surface area contributed by atoms with Crippen molar-refractivity contribution in [1.82, 2.24) is 4.98 Å². The zero-order chi connectivity index (χ0) is 9.80. The van der Waals surface area contributed by atoms with E-state index in [0.717, 1.165) is 22.4 Å². The summed E-state index contributed by atoms with van der Waals surface area (Å²) in [6, 6.07) is 5.79. The molecular weight excluding hydrogens is 244 g/mol. The Morgan fingerprint density at radius 1 is 1.36 bits per heavy atom. The van der Waals surface area contributed by atoms with E-state index < -0.39 is 0 Å². The van der Waals surface area contributed by atoms with Gasteiger partial charge >= 0.3 is 0 Å². The first-order valence-electron chi connectivity index (χ1n) is 4.21. The van der Waals surface area contributed by atoms with Crippen LogP contribution in [-0.2, 0) is 6.54 Å². The number of anilines is 1. The lowest BCUT2D eigenvalue weighted by atomic mass is 10.3.